The quantitative estimate of drug-likeness (QED) is 0.183. The summed E-state index contributed by atoms with van der Waals surface area (Å²) in [6.45, 7) is 0. The van der Waals surface area contributed by atoms with E-state index in [-0.39, 0.29) is 0 Å². The van der Waals surface area contributed by atoms with Gasteiger partial charge in [-0.15, -0.1) is 0 Å². The van der Waals surface area contributed by atoms with Gasteiger partial charge in [0.1, 0.15) is 11.2 Å². The van der Waals surface area contributed by atoms with Crippen molar-refractivity contribution in [1.29, 1.82) is 0 Å². The van der Waals surface area contributed by atoms with Crippen LogP contribution in [-0.4, -0.2) is 15.0 Å². The number of para-hydroxylation sites is 1. The maximum Gasteiger partial charge on any atom is 0.164 e. The molecule has 0 aliphatic carbocycles. The summed E-state index contributed by atoms with van der Waals surface area (Å²) in [7, 11) is 0. The maximum absolute atomic E-state index is 6.23. The molecule has 0 radical (unpaired) electrons. The lowest BCUT2D eigenvalue weighted by atomic mass is 9.90. The summed E-state index contributed by atoms with van der Waals surface area (Å²) in [4.78, 5) is 15.3. The minimum atomic E-state index is 0.606. The van der Waals surface area contributed by atoms with Gasteiger partial charge in [0, 0.05) is 27.5 Å². The zero-order valence-electron chi connectivity index (χ0n) is 26.3. The highest BCUT2D eigenvalue weighted by atomic mass is 16.3. The van der Waals surface area contributed by atoms with Gasteiger partial charge in [-0.3, -0.25) is 0 Å². The number of nitrogens with zero attached hydrogens (tertiary/aromatic N) is 3. The number of hydrogen-bond acceptors (Lipinski definition) is 4. The third-order valence-corrected chi connectivity index (χ3v) is 9.49. The van der Waals surface area contributed by atoms with Crippen molar-refractivity contribution in [2.45, 2.75) is 0 Å². The second-order valence-corrected chi connectivity index (χ2v) is 12.4. The van der Waals surface area contributed by atoms with E-state index in [9.17, 15) is 0 Å². The predicted octanol–water partition coefficient (Wildman–Crippen LogP) is 11.9. The molecule has 10 aromatic rings. The van der Waals surface area contributed by atoms with Gasteiger partial charge < -0.3 is 4.42 Å². The van der Waals surface area contributed by atoms with Gasteiger partial charge in [0.05, 0.1) is 0 Å². The van der Waals surface area contributed by atoms with Gasteiger partial charge in [-0.25, -0.2) is 15.0 Å². The van der Waals surface area contributed by atoms with Crippen molar-refractivity contribution in [3.63, 3.8) is 0 Å². The van der Waals surface area contributed by atoms with Crippen LogP contribution < -0.4 is 0 Å². The van der Waals surface area contributed by atoms with E-state index in [0.717, 1.165) is 44.2 Å². The summed E-state index contributed by atoms with van der Waals surface area (Å²) in [6, 6.07) is 57.0. The molecular formula is C45H27N3O. The van der Waals surface area contributed by atoms with Gasteiger partial charge in [-0.2, -0.15) is 0 Å². The second-order valence-electron chi connectivity index (χ2n) is 12.4. The van der Waals surface area contributed by atoms with Gasteiger partial charge in [-0.05, 0) is 67.7 Å². The standard InChI is InChI=1S/C45H27N3O/c1-2-13-29(14-3-1)43-46-44(48-45(47-43)37-21-11-23-40-42(37)36-20-8-9-22-39(36)49-40)32-16-10-15-30(26-32)38-27-31-25-24-28-12-4-5-17-33(28)41(31)35-19-7-6-18-34(35)38/h1-27H. The molecule has 10 rings (SSSR count). The Kier molecular flexibility index (Phi) is 6.15. The van der Waals surface area contributed by atoms with E-state index >= 15 is 0 Å². The summed E-state index contributed by atoms with van der Waals surface area (Å²) in [5.41, 5.74) is 6.69. The summed E-state index contributed by atoms with van der Waals surface area (Å²) in [5.74, 6) is 1.85. The Morgan fingerprint density at radius 3 is 1.82 bits per heavy atom. The third kappa shape index (κ3) is 4.49. The molecule has 0 amide bonds. The summed E-state index contributed by atoms with van der Waals surface area (Å²) < 4.78 is 6.23. The normalized spacial score (nSPS) is 11.7. The van der Waals surface area contributed by atoms with Crippen LogP contribution in [0.25, 0.3) is 99.5 Å². The van der Waals surface area contributed by atoms with E-state index < -0.39 is 0 Å². The maximum atomic E-state index is 6.23. The fourth-order valence-electron chi connectivity index (χ4n) is 7.25. The third-order valence-electron chi connectivity index (χ3n) is 9.49. The van der Waals surface area contributed by atoms with Crippen LogP contribution in [0.2, 0.25) is 0 Å². The second kappa shape index (κ2) is 11.0. The Bertz CT molecular complexity index is 2890. The van der Waals surface area contributed by atoms with Crippen molar-refractivity contribution in [3.05, 3.63) is 164 Å². The SMILES string of the molecule is c1ccc(-c2nc(-c3cccc(-c4cc5ccc6ccccc6c5c5ccccc45)c3)nc(-c3cccc4oc5ccccc5c34)n2)cc1. The van der Waals surface area contributed by atoms with Crippen LogP contribution in [0.3, 0.4) is 0 Å². The molecule has 0 spiro atoms. The summed E-state index contributed by atoms with van der Waals surface area (Å²) in [6.07, 6.45) is 0. The fourth-order valence-corrected chi connectivity index (χ4v) is 7.25. The molecule has 0 aliphatic rings. The van der Waals surface area contributed by atoms with E-state index in [1.165, 1.54) is 37.9 Å². The molecule has 2 heterocycles. The summed E-state index contributed by atoms with van der Waals surface area (Å²) >= 11 is 0. The van der Waals surface area contributed by atoms with E-state index in [0.29, 0.717) is 17.5 Å². The number of furan rings is 1. The topological polar surface area (TPSA) is 51.8 Å². The highest BCUT2D eigenvalue weighted by molar-refractivity contribution is 6.23. The number of rotatable bonds is 4. The zero-order valence-corrected chi connectivity index (χ0v) is 26.3. The first kappa shape index (κ1) is 27.5. The first-order chi connectivity index (χ1) is 24.3. The smallest absolute Gasteiger partial charge is 0.164 e. The molecule has 0 saturated heterocycles. The molecular weight excluding hydrogens is 599 g/mol. The molecule has 0 atom stereocenters. The van der Waals surface area contributed by atoms with E-state index in [1.807, 2.05) is 60.7 Å². The number of benzene rings is 8. The fraction of sp³-hybridized carbons (Fsp3) is 0. The Hall–Kier alpha value is -6.65. The van der Waals surface area contributed by atoms with Crippen LogP contribution in [0.15, 0.2) is 168 Å². The van der Waals surface area contributed by atoms with Crippen LogP contribution in [-0.2, 0) is 0 Å². The van der Waals surface area contributed by atoms with Gasteiger partial charge in [-0.1, -0.05) is 140 Å². The highest BCUT2D eigenvalue weighted by Gasteiger charge is 2.18. The molecule has 0 unspecified atom stereocenters. The molecule has 228 valence electrons. The van der Waals surface area contributed by atoms with Crippen molar-refractivity contribution in [2.75, 3.05) is 0 Å². The van der Waals surface area contributed by atoms with E-state index in [2.05, 4.69) is 103 Å². The Morgan fingerprint density at radius 1 is 0.327 bits per heavy atom. The Labute approximate surface area is 282 Å². The van der Waals surface area contributed by atoms with Crippen molar-refractivity contribution in [1.82, 2.24) is 15.0 Å². The number of hydrogen-bond donors (Lipinski definition) is 0. The van der Waals surface area contributed by atoms with Crippen LogP contribution in [0, 0.1) is 0 Å². The van der Waals surface area contributed by atoms with Crippen LogP contribution in [0.5, 0.6) is 0 Å². The predicted molar refractivity (Wildman–Crippen MR) is 201 cm³/mol. The lowest BCUT2D eigenvalue weighted by Crippen LogP contribution is -2.00. The molecule has 4 nitrogen and oxygen atoms in total. The zero-order chi connectivity index (χ0) is 32.3. The first-order valence-electron chi connectivity index (χ1n) is 16.4. The van der Waals surface area contributed by atoms with Crippen molar-refractivity contribution in [2.24, 2.45) is 0 Å². The van der Waals surface area contributed by atoms with Crippen LogP contribution in [0.1, 0.15) is 0 Å². The van der Waals surface area contributed by atoms with Crippen LogP contribution in [0.4, 0.5) is 0 Å². The minimum Gasteiger partial charge on any atom is -0.456 e. The molecule has 0 bridgehead atoms. The van der Waals surface area contributed by atoms with Gasteiger partial charge in [0.25, 0.3) is 0 Å². The lowest BCUT2D eigenvalue weighted by Gasteiger charge is -2.14. The molecule has 0 aliphatic heterocycles. The number of aromatic nitrogens is 3. The largest absolute Gasteiger partial charge is 0.456 e. The average Bonchev–Trinajstić information content (AvgIpc) is 3.57. The van der Waals surface area contributed by atoms with Gasteiger partial charge in [0.2, 0.25) is 0 Å². The molecule has 0 fully saturated rings. The average molecular weight is 626 g/mol. The summed E-state index contributed by atoms with van der Waals surface area (Å²) in [5, 5.41) is 9.50. The molecule has 4 heteroatoms. The van der Waals surface area contributed by atoms with E-state index in [1.54, 1.807) is 0 Å². The first-order valence-corrected chi connectivity index (χ1v) is 16.4. The molecule has 49 heavy (non-hydrogen) atoms. The lowest BCUT2D eigenvalue weighted by molar-refractivity contribution is 0.669. The van der Waals surface area contributed by atoms with E-state index in [4.69, 9.17) is 19.4 Å². The van der Waals surface area contributed by atoms with Crippen molar-refractivity contribution >= 4 is 54.3 Å². The monoisotopic (exact) mass is 625 g/mol. The minimum absolute atomic E-state index is 0.606. The number of fused-ring (bicyclic) bond motifs is 8. The van der Waals surface area contributed by atoms with Crippen molar-refractivity contribution < 1.29 is 4.42 Å². The molecule has 2 aromatic heterocycles. The van der Waals surface area contributed by atoms with Crippen LogP contribution >= 0.6 is 0 Å². The Balaban J connectivity index is 1.19. The molecule has 8 aromatic carbocycles. The van der Waals surface area contributed by atoms with Gasteiger partial charge >= 0.3 is 0 Å². The molecule has 0 N–H and O–H groups in total. The Morgan fingerprint density at radius 2 is 0.939 bits per heavy atom. The highest BCUT2D eigenvalue weighted by Crippen LogP contribution is 2.40. The van der Waals surface area contributed by atoms with Crippen molar-refractivity contribution in [3.8, 4) is 45.3 Å². The van der Waals surface area contributed by atoms with Gasteiger partial charge in [0.15, 0.2) is 17.5 Å². The molecule has 0 saturated carbocycles.